The lowest BCUT2D eigenvalue weighted by Crippen LogP contribution is -2.32. The maximum atomic E-state index is 12.1. The lowest BCUT2D eigenvalue weighted by molar-refractivity contribution is 0.0771. The van der Waals surface area contributed by atoms with Gasteiger partial charge in [0.25, 0.3) is 0 Å². The minimum Gasteiger partial charge on any atom is -0.434 e. The Bertz CT molecular complexity index is 1290. The second-order valence-corrected chi connectivity index (χ2v) is 7.16. The van der Waals surface area contributed by atoms with Crippen LogP contribution in [0.1, 0.15) is 25.3 Å². The molecule has 0 spiro atoms. The first-order valence-electron chi connectivity index (χ1n) is 10.0. The summed E-state index contributed by atoms with van der Waals surface area (Å²) in [6.45, 7) is 3.56. The average Bonchev–Trinajstić information content (AvgIpc) is 2.80. The molecule has 4 rings (SSSR count). The zero-order valence-electron chi connectivity index (χ0n) is 17.6. The molecule has 8 heteroatoms. The van der Waals surface area contributed by atoms with Gasteiger partial charge in [-0.3, -0.25) is 9.97 Å². The first-order valence-corrected chi connectivity index (χ1v) is 10.0. The van der Waals surface area contributed by atoms with Crippen molar-refractivity contribution in [3.05, 3.63) is 83.4 Å². The molecule has 0 amide bonds. The van der Waals surface area contributed by atoms with Gasteiger partial charge in [0.1, 0.15) is 5.82 Å². The van der Waals surface area contributed by atoms with Crippen molar-refractivity contribution in [1.82, 2.24) is 15.3 Å². The number of fused-ring (bicyclic) bond motifs is 1. The van der Waals surface area contributed by atoms with E-state index in [0.29, 0.717) is 22.4 Å². The van der Waals surface area contributed by atoms with Crippen molar-refractivity contribution in [2.24, 2.45) is 5.73 Å². The maximum Gasteiger partial charge on any atom is 0.513 e. The zero-order chi connectivity index (χ0) is 22.7. The zero-order valence-corrected chi connectivity index (χ0v) is 17.6. The van der Waals surface area contributed by atoms with E-state index < -0.39 is 12.1 Å². The van der Waals surface area contributed by atoms with E-state index in [1.807, 2.05) is 36.4 Å². The third-order valence-electron chi connectivity index (χ3n) is 5.18. The Hall–Kier alpha value is -4.38. The number of hydrogen-bond donors (Lipinski definition) is 2. The summed E-state index contributed by atoms with van der Waals surface area (Å²) in [5.41, 5.74) is 10.3. The van der Waals surface area contributed by atoms with Gasteiger partial charge in [0.2, 0.25) is 0 Å². The van der Waals surface area contributed by atoms with Crippen molar-refractivity contribution in [2.45, 2.75) is 19.8 Å². The van der Waals surface area contributed by atoms with Crippen molar-refractivity contribution in [1.29, 1.82) is 5.26 Å². The van der Waals surface area contributed by atoms with Crippen molar-refractivity contribution in [2.75, 3.05) is 6.61 Å². The minimum atomic E-state index is -0.898. The molecule has 1 aliphatic heterocycles. The van der Waals surface area contributed by atoms with E-state index in [1.165, 1.54) is 0 Å². The van der Waals surface area contributed by atoms with Gasteiger partial charge >= 0.3 is 6.16 Å². The van der Waals surface area contributed by atoms with Crippen LogP contribution in [0.15, 0.2) is 77.8 Å². The number of ether oxygens (including phenoxy) is 2. The topological polar surface area (TPSA) is 123 Å². The third kappa shape index (κ3) is 3.84. The molecule has 1 aromatic carbocycles. The largest absolute Gasteiger partial charge is 0.513 e. The molecule has 1 atom stereocenters. The fourth-order valence-electron chi connectivity index (χ4n) is 3.72. The second-order valence-electron chi connectivity index (χ2n) is 7.16. The first-order chi connectivity index (χ1) is 15.5. The van der Waals surface area contributed by atoms with Crippen LogP contribution in [0.25, 0.3) is 22.0 Å². The highest BCUT2D eigenvalue weighted by atomic mass is 16.7. The number of dihydropyridines is 1. The molecule has 0 aliphatic carbocycles. The van der Waals surface area contributed by atoms with E-state index in [1.54, 1.807) is 32.4 Å². The molecule has 0 bridgehead atoms. The van der Waals surface area contributed by atoms with Crippen LogP contribution in [-0.2, 0) is 9.47 Å². The number of nitriles is 1. The first kappa shape index (κ1) is 20.9. The summed E-state index contributed by atoms with van der Waals surface area (Å²) in [6, 6.07) is 14.0. The number of nitrogens with one attached hydrogen (secondary N) is 1. The summed E-state index contributed by atoms with van der Waals surface area (Å²) in [6.07, 6.45) is 4.17. The van der Waals surface area contributed by atoms with E-state index in [0.717, 1.165) is 16.5 Å². The lowest BCUT2D eigenvalue weighted by Gasteiger charge is -2.28. The van der Waals surface area contributed by atoms with Crippen molar-refractivity contribution < 1.29 is 14.3 Å². The molecule has 3 aromatic rings. The van der Waals surface area contributed by atoms with E-state index in [-0.39, 0.29) is 18.2 Å². The summed E-state index contributed by atoms with van der Waals surface area (Å²) < 4.78 is 10.4. The number of hydrogen-bond acceptors (Lipinski definition) is 8. The van der Waals surface area contributed by atoms with Crippen molar-refractivity contribution in [3.8, 4) is 17.2 Å². The van der Waals surface area contributed by atoms with Crippen LogP contribution in [0.3, 0.4) is 0 Å². The molecule has 160 valence electrons. The van der Waals surface area contributed by atoms with Gasteiger partial charge in [-0.15, -0.1) is 0 Å². The molecule has 0 saturated heterocycles. The van der Waals surface area contributed by atoms with Crippen LogP contribution in [0, 0.1) is 11.3 Å². The number of carbonyl (C=O) groups is 1. The maximum absolute atomic E-state index is 12.1. The fourth-order valence-corrected chi connectivity index (χ4v) is 3.72. The summed E-state index contributed by atoms with van der Waals surface area (Å²) in [5.74, 6) is -0.538. The van der Waals surface area contributed by atoms with Crippen LogP contribution in [0.2, 0.25) is 0 Å². The fraction of sp³-hybridized carbons (Fsp3) is 0.167. The van der Waals surface area contributed by atoms with Crippen molar-refractivity contribution in [3.63, 3.8) is 0 Å². The van der Waals surface area contributed by atoms with E-state index in [2.05, 4.69) is 21.4 Å². The molecule has 0 fully saturated rings. The standard InChI is InChI=1S/C24H21N5O3/c1-3-31-24(30)32-22-21(18(10-25)14(2)29-23(22)26)19-12-27-13-20-17(19)9-16(11-28-20)15-7-5-4-6-8-15/h4-9,11-13,21,29H,3,26H2,1-2H3. The summed E-state index contributed by atoms with van der Waals surface area (Å²) in [5, 5.41) is 13.6. The number of rotatable bonds is 4. The third-order valence-corrected chi connectivity index (χ3v) is 5.18. The normalized spacial score (nSPS) is 15.8. The predicted octanol–water partition coefficient (Wildman–Crippen LogP) is 4.08. The van der Waals surface area contributed by atoms with Gasteiger partial charge in [-0.1, -0.05) is 30.3 Å². The number of nitrogens with two attached hydrogens (primary N) is 1. The van der Waals surface area contributed by atoms with Crippen LogP contribution in [-0.4, -0.2) is 22.7 Å². The van der Waals surface area contributed by atoms with Gasteiger partial charge in [-0.05, 0) is 31.0 Å². The summed E-state index contributed by atoms with van der Waals surface area (Å²) in [7, 11) is 0. The van der Waals surface area contributed by atoms with Crippen LogP contribution >= 0.6 is 0 Å². The van der Waals surface area contributed by atoms with Crippen LogP contribution < -0.4 is 11.1 Å². The highest BCUT2D eigenvalue weighted by Gasteiger charge is 2.34. The summed E-state index contributed by atoms with van der Waals surface area (Å²) >= 11 is 0. The van der Waals surface area contributed by atoms with Crippen LogP contribution in [0.5, 0.6) is 0 Å². The molecule has 3 heterocycles. The summed E-state index contributed by atoms with van der Waals surface area (Å²) in [4.78, 5) is 21.0. The molecule has 3 N–H and O–H groups in total. The molecule has 0 saturated carbocycles. The van der Waals surface area contributed by atoms with Gasteiger partial charge in [0.05, 0.1) is 35.9 Å². The Morgan fingerprint density at radius 1 is 1.22 bits per heavy atom. The number of aromatic nitrogens is 2. The minimum absolute atomic E-state index is 0.0880. The van der Waals surface area contributed by atoms with E-state index in [4.69, 9.17) is 15.2 Å². The number of carbonyl (C=O) groups excluding carboxylic acids is 1. The molecule has 8 nitrogen and oxygen atoms in total. The van der Waals surface area contributed by atoms with Gasteiger partial charge in [-0.2, -0.15) is 5.26 Å². The highest BCUT2D eigenvalue weighted by molar-refractivity contribution is 5.87. The monoisotopic (exact) mass is 427 g/mol. The molecular weight excluding hydrogens is 406 g/mol. The van der Waals surface area contributed by atoms with Gasteiger partial charge in [-0.25, -0.2) is 4.79 Å². The Labute approximate surface area is 185 Å². The average molecular weight is 427 g/mol. The van der Waals surface area contributed by atoms with E-state index >= 15 is 0 Å². The highest BCUT2D eigenvalue weighted by Crippen LogP contribution is 2.40. The predicted molar refractivity (Wildman–Crippen MR) is 118 cm³/mol. The Morgan fingerprint density at radius 2 is 2.00 bits per heavy atom. The molecule has 0 radical (unpaired) electrons. The molecular formula is C24H21N5O3. The molecule has 32 heavy (non-hydrogen) atoms. The SMILES string of the molecule is CCOC(=O)OC1=C(N)NC(C)=C(C#N)C1c1cncc2ncc(-c3ccccc3)cc12. The second kappa shape index (κ2) is 8.78. The number of benzene rings is 1. The number of pyridine rings is 2. The molecule has 2 aromatic heterocycles. The Balaban J connectivity index is 1.91. The van der Waals surface area contributed by atoms with Gasteiger partial charge in [0, 0.05) is 29.0 Å². The quantitative estimate of drug-likeness (QED) is 0.597. The van der Waals surface area contributed by atoms with Gasteiger partial charge < -0.3 is 20.5 Å². The van der Waals surface area contributed by atoms with Crippen molar-refractivity contribution >= 4 is 17.1 Å². The number of allylic oxidation sites excluding steroid dienone is 2. The van der Waals surface area contributed by atoms with Crippen LogP contribution in [0.4, 0.5) is 4.79 Å². The Morgan fingerprint density at radius 3 is 2.72 bits per heavy atom. The Kier molecular flexibility index (Phi) is 5.73. The van der Waals surface area contributed by atoms with E-state index in [9.17, 15) is 10.1 Å². The van der Waals surface area contributed by atoms with Gasteiger partial charge in [0.15, 0.2) is 5.76 Å². The smallest absolute Gasteiger partial charge is 0.434 e. The molecule has 1 aliphatic rings. The molecule has 1 unspecified atom stereocenters. The number of nitrogens with zero attached hydrogens (tertiary/aromatic N) is 3. The lowest BCUT2D eigenvalue weighted by atomic mass is 9.85.